The number of nitrogens with one attached hydrogen (secondary N) is 1. The first kappa shape index (κ1) is 17.2. The molecule has 0 bridgehead atoms. The molecular weight excluding hydrogens is 322 g/mol. The standard InChI is InChI=1S/C17H21N5O3/c1-13-15(17(24)22(20-13)14-5-3-2-4-6-14)11-18-19-16(23)12-21-7-9-25-10-8-21/h2-6,11,15H,7-10,12H2,1H3,(H,19,23)/b18-11+/t15-/m1/s1. The maximum atomic E-state index is 12.5. The molecule has 1 saturated heterocycles. The summed E-state index contributed by atoms with van der Waals surface area (Å²) in [6.45, 7) is 4.78. The van der Waals surface area contributed by atoms with Crippen LogP contribution in [-0.2, 0) is 14.3 Å². The van der Waals surface area contributed by atoms with Crippen molar-refractivity contribution in [3.05, 3.63) is 30.3 Å². The van der Waals surface area contributed by atoms with Crippen molar-refractivity contribution in [3.8, 4) is 0 Å². The molecule has 1 atom stereocenters. The Morgan fingerprint density at radius 2 is 2.08 bits per heavy atom. The van der Waals surface area contributed by atoms with E-state index in [4.69, 9.17) is 4.74 Å². The summed E-state index contributed by atoms with van der Waals surface area (Å²) in [5, 5.41) is 9.59. The van der Waals surface area contributed by atoms with Gasteiger partial charge in [-0.2, -0.15) is 15.2 Å². The van der Waals surface area contributed by atoms with Crippen LogP contribution in [0.3, 0.4) is 0 Å². The number of anilines is 1. The van der Waals surface area contributed by atoms with E-state index in [2.05, 4.69) is 15.6 Å². The first-order chi connectivity index (χ1) is 12.1. The zero-order chi connectivity index (χ0) is 17.6. The van der Waals surface area contributed by atoms with Gasteiger partial charge in [0, 0.05) is 19.3 Å². The van der Waals surface area contributed by atoms with Crippen molar-refractivity contribution in [2.24, 2.45) is 16.1 Å². The normalized spacial score (nSPS) is 21.6. The second-order valence-electron chi connectivity index (χ2n) is 5.91. The third-order valence-corrected chi connectivity index (χ3v) is 4.07. The van der Waals surface area contributed by atoms with Crippen LogP contribution < -0.4 is 10.4 Å². The zero-order valence-electron chi connectivity index (χ0n) is 14.1. The highest BCUT2D eigenvalue weighted by molar-refractivity contribution is 6.23. The number of morpholine rings is 1. The summed E-state index contributed by atoms with van der Waals surface area (Å²) in [5.41, 5.74) is 3.82. The molecule has 1 N–H and O–H groups in total. The van der Waals surface area contributed by atoms with E-state index in [0.29, 0.717) is 24.6 Å². The van der Waals surface area contributed by atoms with Crippen molar-refractivity contribution in [2.45, 2.75) is 6.92 Å². The van der Waals surface area contributed by atoms with Crippen molar-refractivity contribution >= 4 is 29.4 Å². The first-order valence-corrected chi connectivity index (χ1v) is 8.21. The number of nitrogens with zero attached hydrogens (tertiary/aromatic N) is 4. The predicted molar refractivity (Wildman–Crippen MR) is 94.4 cm³/mol. The van der Waals surface area contributed by atoms with Crippen molar-refractivity contribution in [1.82, 2.24) is 10.3 Å². The number of rotatable bonds is 5. The van der Waals surface area contributed by atoms with E-state index < -0.39 is 5.92 Å². The molecular formula is C17H21N5O3. The monoisotopic (exact) mass is 343 g/mol. The lowest BCUT2D eigenvalue weighted by atomic mass is 10.1. The SMILES string of the molecule is CC1=NN(c2ccccc2)C(=O)[C@@H]1/C=N/NC(=O)CN1CCOCC1. The highest BCUT2D eigenvalue weighted by Gasteiger charge is 2.33. The van der Waals surface area contributed by atoms with Crippen LogP contribution in [0.2, 0.25) is 0 Å². The fraction of sp³-hybridized carbons (Fsp3) is 0.412. The van der Waals surface area contributed by atoms with E-state index in [9.17, 15) is 9.59 Å². The molecule has 132 valence electrons. The van der Waals surface area contributed by atoms with Crippen molar-refractivity contribution in [3.63, 3.8) is 0 Å². The summed E-state index contributed by atoms with van der Waals surface area (Å²) in [6.07, 6.45) is 1.43. The molecule has 0 saturated carbocycles. The van der Waals surface area contributed by atoms with Gasteiger partial charge in [-0.25, -0.2) is 5.43 Å². The molecule has 1 fully saturated rings. The number of para-hydroxylation sites is 1. The van der Waals surface area contributed by atoms with E-state index in [0.717, 1.165) is 13.1 Å². The minimum atomic E-state index is -0.566. The van der Waals surface area contributed by atoms with Crippen LogP contribution in [0.1, 0.15) is 6.92 Å². The van der Waals surface area contributed by atoms with Gasteiger partial charge in [-0.15, -0.1) is 0 Å². The molecule has 2 aliphatic heterocycles. The maximum absolute atomic E-state index is 12.5. The number of carbonyl (C=O) groups excluding carboxylic acids is 2. The molecule has 3 rings (SSSR count). The van der Waals surface area contributed by atoms with Crippen molar-refractivity contribution in [2.75, 3.05) is 37.9 Å². The Balaban J connectivity index is 1.54. The third kappa shape index (κ3) is 4.28. The van der Waals surface area contributed by atoms with Crippen molar-refractivity contribution < 1.29 is 14.3 Å². The topological polar surface area (TPSA) is 86.6 Å². The van der Waals surface area contributed by atoms with Gasteiger partial charge in [0.15, 0.2) is 0 Å². The Kier molecular flexibility index (Phi) is 5.52. The lowest BCUT2D eigenvalue weighted by Crippen LogP contribution is -2.42. The van der Waals surface area contributed by atoms with Gasteiger partial charge in [0.25, 0.3) is 11.8 Å². The second-order valence-corrected chi connectivity index (χ2v) is 5.91. The lowest BCUT2D eigenvalue weighted by molar-refractivity contribution is -0.123. The largest absolute Gasteiger partial charge is 0.379 e. The summed E-state index contributed by atoms with van der Waals surface area (Å²) >= 11 is 0. The van der Waals surface area contributed by atoms with Crippen LogP contribution >= 0.6 is 0 Å². The van der Waals surface area contributed by atoms with E-state index in [1.54, 1.807) is 6.92 Å². The minimum Gasteiger partial charge on any atom is -0.379 e. The van der Waals surface area contributed by atoms with Gasteiger partial charge in [-0.1, -0.05) is 18.2 Å². The summed E-state index contributed by atoms with van der Waals surface area (Å²) in [7, 11) is 0. The first-order valence-electron chi connectivity index (χ1n) is 8.21. The van der Waals surface area contributed by atoms with Gasteiger partial charge >= 0.3 is 0 Å². The number of hydrogen-bond acceptors (Lipinski definition) is 6. The fourth-order valence-corrected chi connectivity index (χ4v) is 2.69. The number of hydrazone groups is 2. The lowest BCUT2D eigenvalue weighted by Gasteiger charge is -2.25. The predicted octanol–water partition coefficient (Wildman–Crippen LogP) is 0.459. The van der Waals surface area contributed by atoms with Crippen LogP contribution in [0.5, 0.6) is 0 Å². The Morgan fingerprint density at radius 3 is 2.80 bits per heavy atom. The van der Waals surface area contributed by atoms with Gasteiger partial charge in [-0.05, 0) is 19.1 Å². The quantitative estimate of drug-likeness (QED) is 0.622. The molecule has 2 amide bonds. The molecule has 0 aromatic heterocycles. The average Bonchev–Trinajstić information content (AvgIpc) is 2.91. The van der Waals surface area contributed by atoms with Gasteiger partial charge in [0.05, 0.1) is 31.2 Å². The number of carbonyl (C=O) groups is 2. The Bertz CT molecular complexity index is 683. The molecule has 0 radical (unpaired) electrons. The maximum Gasteiger partial charge on any atom is 0.261 e. The molecule has 25 heavy (non-hydrogen) atoms. The van der Waals surface area contributed by atoms with Gasteiger partial charge in [-0.3, -0.25) is 14.5 Å². The minimum absolute atomic E-state index is 0.185. The molecule has 8 heteroatoms. The number of hydrogen-bond donors (Lipinski definition) is 1. The van der Waals surface area contributed by atoms with E-state index in [-0.39, 0.29) is 18.4 Å². The number of ether oxygens (including phenoxy) is 1. The summed E-state index contributed by atoms with van der Waals surface area (Å²) in [5.74, 6) is -0.961. The molecule has 0 aliphatic carbocycles. The van der Waals surface area contributed by atoms with Crippen LogP contribution in [0.15, 0.2) is 40.5 Å². The molecule has 1 aromatic carbocycles. The second kappa shape index (κ2) is 8.00. The fourth-order valence-electron chi connectivity index (χ4n) is 2.69. The molecule has 1 aromatic rings. The Hall–Kier alpha value is -2.58. The van der Waals surface area contributed by atoms with E-state index in [1.165, 1.54) is 11.2 Å². The molecule has 2 aliphatic rings. The summed E-state index contributed by atoms with van der Waals surface area (Å²) in [6, 6.07) is 9.21. The Morgan fingerprint density at radius 1 is 1.36 bits per heavy atom. The van der Waals surface area contributed by atoms with Crippen LogP contribution in [0, 0.1) is 5.92 Å². The van der Waals surface area contributed by atoms with Crippen LogP contribution in [0.25, 0.3) is 0 Å². The van der Waals surface area contributed by atoms with Crippen molar-refractivity contribution in [1.29, 1.82) is 0 Å². The van der Waals surface area contributed by atoms with Crippen LogP contribution in [0.4, 0.5) is 5.69 Å². The zero-order valence-corrected chi connectivity index (χ0v) is 14.1. The Labute approximate surface area is 146 Å². The van der Waals surface area contributed by atoms with E-state index >= 15 is 0 Å². The van der Waals surface area contributed by atoms with E-state index in [1.807, 2.05) is 35.2 Å². The highest BCUT2D eigenvalue weighted by atomic mass is 16.5. The summed E-state index contributed by atoms with van der Waals surface area (Å²) < 4.78 is 5.24. The highest BCUT2D eigenvalue weighted by Crippen LogP contribution is 2.22. The van der Waals surface area contributed by atoms with Gasteiger partial charge in [0.1, 0.15) is 5.92 Å². The smallest absolute Gasteiger partial charge is 0.261 e. The molecule has 0 unspecified atom stereocenters. The molecule has 0 spiro atoms. The number of amides is 2. The van der Waals surface area contributed by atoms with Gasteiger partial charge < -0.3 is 4.74 Å². The third-order valence-electron chi connectivity index (χ3n) is 4.07. The van der Waals surface area contributed by atoms with Gasteiger partial charge in [0.2, 0.25) is 0 Å². The molecule has 2 heterocycles. The molecule has 8 nitrogen and oxygen atoms in total. The summed E-state index contributed by atoms with van der Waals surface area (Å²) in [4.78, 5) is 26.4. The van der Waals surface area contributed by atoms with Crippen LogP contribution in [-0.4, -0.2) is 61.5 Å². The number of benzene rings is 1. The average molecular weight is 343 g/mol.